The number of aromatic amines is 1. The molecule has 0 aliphatic rings. The van der Waals surface area contributed by atoms with Crippen LogP contribution in [0.4, 0.5) is 17.1 Å². The summed E-state index contributed by atoms with van der Waals surface area (Å²) in [5, 5.41) is 17.0. The summed E-state index contributed by atoms with van der Waals surface area (Å²) in [4.78, 5) is 9.73. The second kappa shape index (κ2) is 5.14. The summed E-state index contributed by atoms with van der Waals surface area (Å²) < 4.78 is 26.5. The second-order valence-corrected chi connectivity index (χ2v) is 5.30. The number of nitro benzene ring substituents is 1. The third kappa shape index (κ3) is 2.53. The van der Waals surface area contributed by atoms with E-state index in [2.05, 4.69) is 20.3 Å². The summed E-state index contributed by atoms with van der Waals surface area (Å²) in [6, 6.07) is 3.75. The molecule has 5 N–H and O–H groups in total. The SMILES string of the molecule is NNc1cccc(S(=O)(=O)Nc2cn[nH]c2)c1[N+](=O)[O-]. The first-order valence-corrected chi connectivity index (χ1v) is 6.69. The van der Waals surface area contributed by atoms with Crippen molar-refractivity contribution in [1.82, 2.24) is 10.2 Å². The highest BCUT2D eigenvalue weighted by Gasteiger charge is 2.29. The molecule has 2 aromatic rings. The van der Waals surface area contributed by atoms with E-state index < -0.39 is 25.5 Å². The highest BCUT2D eigenvalue weighted by Crippen LogP contribution is 2.32. The van der Waals surface area contributed by atoms with Crippen LogP contribution >= 0.6 is 0 Å². The molecule has 0 bridgehead atoms. The predicted molar refractivity (Wildman–Crippen MR) is 70.3 cm³/mol. The van der Waals surface area contributed by atoms with Crippen LogP contribution in [0.5, 0.6) is 0 Å². The molecular weight excluding hydrogens is 288 g/mol. The van der Waals surface area contributed by atoms with Gasteiger partial charge in [-0.1, -0.05) is 6.07 Å². The number of sulfonamides is 1. The van der Waals surface area contributed by atoms with E-state index in [4.69, 9.17) is 5.84 Å². The van der Waals surface area contributed by atoms with Gasteiger partial charge >= 0.3 is 5.69 Å². The minimum Gasteiger partial charge on any atom is -0.318 e. The molecule has 20 heavy (non-hydrogen) atoms. The van der Waals surface area contributed by atoms with E-state index in [1.807, 2.05) is 0 Å². The summed E-state index contributed by atoms with van der Waals surface area (Å²) in [6.07, 6.45) is 2.53. The lowest BCUT2D eigenvalue weighted by molar-refractivity contribution is -0.386. The minimum absolute atomic E-state index is 0.106. The number of para-hydroxylation sites is 1. The van der Waals surface area contributed by atoms with Gasteiger partial charge in [-0.3, -0.25) is 25.8 Å². The van der Waals surface area contributed by atoms with Gasteiger partial charge in [-0.2, -0.15) is 5.10 Å². The molecule has 1 aromatic heterocycles. The first-order chi connectivity index (χ1) is 9.45. The molecule has 0 aliphatic carbocycles. The molecule has 10 nitrogen and oxygen atoms in total. The molecule has 1 heterocycles. The summed E-state index contributed by atoms with van der Waals surface area (Å²) in [5.41, 5.74) is 1.51. The first-order valence-electron chi connectivity index (χ1n) is 5.21. The molecule has 0 radical (unpaired) electrons. The predicted octanol–water partition coefficient (Wildman–Crippen LogP) is 0.404. The number of anilines is 2. The summed E-state index contributed by atoms with van der Waals surface area (Å²) in [6.45, 7) is 0. The Morgan fingerprint density at radius 1 is 1.40 bits per heavy atom. The molecule has 0 aliphatic heterocycles. The van der Waals surface area contributed by atoms with Crippen LogP contribution < -0.4 is 16.0 Å². The zero-order chi connectivity index (χ0) is 14.8. The Kier molecular flexibility index (Phi) is 3.54. The first kappa shape index (κ1) is 13.8. The maximum Gasteiger partial charge on any atom is 0.314 e. The number of nitrogens with two attached hydrogens (primary N) is 1. The van der Waals surface area contributed by atoms with Gasteiger partial charge in [-0.25, -0.2) is 8.42 Å². The molecule has 2 rings (SSSR count). The normalized spacial score (nSPS) is 11.1. The molecule has 0 unspecified atom stereocenters. The lowest BCUT2D eigenvalue weighted by Gasteiger charge is -2.09. The van der Waals surface area contributed by atoms with Gasteiger partial charge in [0.25, 0.3) is 10.0 Å². The van der Waals surface area contributed by atoms with Crippen molar-refractivity contribution in [1.29, 1.82) is 0 Å². The number of hydrogen-bond acceptors (Lipinski definition) is 7. The largest absolute Gasteiger partial charge is 0.318 e. The van der Waals surface area contributed by atoms with Gasteiger partial charge in [-0.05, 0) is 12.1 Å². The van der Waals surface area contributed by atoms with Crippen LogP contribution in [0.1, 0.15) is 0 Å². The zero-order valence-electron chi connectivity index (χ0n) is 9.90. The molecule has 1 aromatic carbocycles. The smallest absolute Gasteiger partial charge is 0.314 e. The lowest BCUT2D eigenvalue weighted by Crippen LogP contribution is -2.16. The van der Waals surface area contributed by atoms with Crippen molar-refractivity contribution in [3.8, 4) is 0 Å². The van der Waals surface area contributed by atoms with Crippen molar-refractivity contribution >= 4 is 27.1 Å². The van der Waals surface area contributed by atoms with Crippen molar-refractivity contribution in [2.75, 3.05) is 10.1 Å². The molecule has 0 atom stereocenters. The maximum absolute atomic E-state index is 12.2. The highest BCUT2D eigenvalue weighted by molar-refractivity contribution is 7.92. The van der Waals surface area contributed by atoms with E-state index in [0.29, 0.717) is 0 Å². The van der Waals surface area contributed by atoms with E-state index >= 15 is 0 Å². The summed E-state index contributed by atoms with van der Waals surface area (Å²) in [5.74, 6) is 5.15. The Hall–Kier alpha value is -2.66. The van der Waals surface area contributed by atoms with Gasteiger partial charge in [0.2, 0.25) is 0 Å². The van der Waals surface area contributed by atoms with Crippen molar-refractivity contribution in [3.63, 3.8) is 0 Å². The number of hydrazine groups is 1. The van der Waals surface area contributed by atoms with Crippen molar-refractivity contribution < 1.29 is 13.3 Å². The highest BCUT2D eigenvalue weighted by atomic mass is 32.2. The number of nitrogens with zero attached hydrogens (tertiary/aromatic N) is 2. The third-order valence-corrected chi connectivity index (χ3v) is 3.79. The number of H-pyrrole nitrogens is 1. The van der Waals surface area contributed by atoms with Gasteiger partial charge < -0.3 is 5.43 Å². The molecule has 11 heteroatoms. The molecule has 106 valence electrons. The standard InChI is InChI=1S/C9H10N6O4S/c10-13-7-2-1-3-8(9(7)15(16)17)20(18,19)14-6-4-11-12-5-6/h1-5,13-14H,10H2,(H,11,12). The fourth-order valence-corrected chi connectivity index (χ4v) is 2.79. The monoisotopic (exact) mass is 298 g/mol. The Labute approximate surface area is 113 Å². The van der Waals surface area contributed by atoms with Gasteiger partial charge in [-0.15, -0.1) is 0 Å². The molecule has 0 saturated carbocycles. The van der Waals surface area contributed by atoms with Gasteiger partial charge in [0.05, 0.1) is 16.8 Å². The van der Waals surface area contributed by atoms with E-state index in [1.54, 1.807) is 0 Å². The number of nitro groups is 1. The quantitative estimate of drug-likeness (QED) is 0.353. The average Bonchev–Trinajstić information content (AvgIpc) is 2.89. The Balaban J connectivity index is 2.54. The number of rotatable bonds is 5. The molecule has 0 saturated heterocycles. The van der Waals surface area contributed by atoms with Crippen LogP contribution in [0.2, 0.25) is 0 Å². The van der Waals surface area contributed by atoms with Crippen LogP contribution in [0, 0.1) is 10.1 Å². The maximum atomic E-state index is 12.2. The molecule has 0 amide bonds. The Morgan fingerprint density at radius 3 is 2.70 bits per heavy atom. The number of hydrogen-bond donors (Lipinski definition) is 4. The summed E-state index contributed by atoms with van der Waals surface area (Å²) in [7, 11) is -4.14. The topological polar surface area (TPSA) is 156 Å². The summed E-state index contributed by atoms with van der Waals surface area (Å²) >= 11 is 0. The van der Waals surface area contributed by atoms with E-state index in [1.165, 1.54) is 24.5 Å². The molecule has 0 spiro atoms. The van der Waals surface area contributed by atoms with Crippen LogP contribution in [0.3, 0.4) is 0 Å². The van der Waals surface area contributed by atoms with Crippen molar-refractivity contribution in [2.45, 2.75) is 4.90 Å². The second-order valence-electron chi connectivity index (χ2n) is 3.65. The Bertz CT molecular complexity index is 727. The van der Waals surface area contributed by atoms with Crippen LogP contribution in [-0.2, 0) is 10.0 Å². The van der Waals surface area contributed by atoms with E-state index in [0.717, 1.165) is 6.07 Å². The Morgan fingerprint density at radius 2 is 2.15 bits per heavy atom. The fourth-order valence-electron chi connectivity index (χ4n) is 1.56. The number of aromatic nitrogens is 2. The lowest BCUT2D eigenvalue weighted by atomic mass is 10.3. The van der Waals surface area contributed by atoms with Crippen LogP contribution in [0.15, 0.2) is 35.5 Å². The fraction of sp³-hybridized carbons (Fsp3) is 0. The van der Waals surface area contributed by atoms with Crippen LogP contribution in [-0.4, -0.2) is 23.5 Å². The van der Waals surface area contributed by atoms with E-state index in [9.17, 15) is 18.5 Å². The zero-order valence-corrected chi connectivity index (χ0v) is 10.7. The van der Waals surface area contributed by atoms with Gasteiger partial charge in [0.1, 0.15) is 5.69 Å². The minimum atomic E-state index is -4.14. The number of nitrogen functional groups attached to an aromatic ring is 1. The van der Waals surface area contributed by atoms with Crippen molar-refractivity contribution in [2.24, 2.45) is 5.84 Å². The molecule has 0 fully saturated rings. The van der Waals surface area contributed by atoms with Crippen molar-refractivity contribution in [3.05, 3.63) is 40.7 Å². The van der Waals surface area contributed by atoms with Gasteiger partial charge in [0.15, 0.2) is 4.90 Å². The van der Waals surface area contributed by atoms with E-state index in [-0.39, 0.29) is 11.4 Å². The molecular formula is C9H10N6O4S. The van der Waals surface area contributed by atoms with Crippen LogP contribution in [0.25, 0.3) is 0 Å². The van der Waals surface area contributed by atoms with Gasteiger partial charge in [0, 0.05) is 6.20 Å². The number of nitrogens with one attached hydrogen (secondary N) is 3. The average molecular weight is 298 g/mol. The third-order valence-electron chi connectivity index (χ3n) is 2.38. The number of benzene rings is 1.